The monoisotopic (exact) mass is 389 g/mol. The van der Waals surface area contributed by atoms with E-state index in [0.717, 1.165) is 5.56 Å². The third-order valence-electron chi connectivity index (χ3n) is 3.61. The molecule has 27 heavy (non-hydrogen) atoms. The number of aromatic nitrogens is 1. The van der Waals surface area contributed by atoms with E-state index in [1.807, 2.05) is 18.2 Å². The van der Waals surface area contributed by atoms with Gasteiger partial charge in [-0.3, -0.25) is 5.32 Å². The Balaban J connectivity index is 1.83. The zero-order valence-electron chi connectivity index (χ0n) is 14.9. The van der Waals surface area contributed by atoms with Crippen molar-refractivity contribution in [1.82, 2.24) is 10.3 Å². The summed E-state index contributed by atoms with van der Waals surface area (Å²) in [4.78, 5) is 16.0. The standard InChI is InChI=1S/C18H19N3O5S/c1-3-24-18(22)21-17(27)20-16-10-12(23-2)9-13(19-16)11-4-5-14-15(8-11)26-7-6-25-14/h4-5,8-10H,3,6-7H2,1-2H3,(H2,19,20,21,22,27). The first-order chi connectivity index (χ1) is 13.1. The third kappa shape index (κ3) is 4.76. The van der Waals surface area contributed by atoms with Crippen LogP contribution in [0.5, 0.6) is 17.2 Å². The summed E-state index contributed by atoms with van der Waals surface area (Å²) < 4.78 is 21.3. The number of benzene rings is 1. The van der Waals surface area contributed by atoms with Crippen LogP contribution in [0.1, 0.15) is 6.92 Å². The highest BCUT2D eigenvalue weighted by Crippen LogP contribution is 2.35. The van der Waals surface area contributed by atoms with Crippen molar-refractivity contribution in [3.8, 4) is 28.5 Å². The predicted octanol–water partition coefficient (Wildman–Crippen LogP) is 2.97. The number of amides is 1. The molecule has 0 bridgehead atoms. The fraction of sp³-hybridized carbons (Fsp3) is 0.278. The number of carbonyl (C=O) groups excluding carboxylic acids is 1. The van der Waals surface area contributed by atoms with Crippen molar-refractivity contribution in [3.05, 3.63) is 30.3 Å². The van der Waals surface area contributed by atoms with Gasteiger partial charge in [0, 0.05) is 17.7 Å². The summed E-state index contributed by atoms with van der Waals surface area (Å²) in [7, 11) is 1.56. The second-order valence-electron chi connectivity index (χ2n) is 5.44. The van der Waals surface area contributed by atoms with E-state index in [0.29, 0.717) is 42.0 Å². The van der Waals surface area contributed by atoms with E-state index in [4.69, 9.17) is 31.2 Å². The molecule has 142 valence electrons. The van der Waals surface area contributed by atoms with Gasteiger partial charge in [0.05, 0.1) is 19.4 Å². The Morgan fingerprint density at radius 1 is 1.22 bits per heavy atom. The number of methoxy groups -OCH3 is 1. The number of nitrogens with one attached hydrogen (secondary N) is 2. The van der Waals surface area contributed by atoms with Crippen LogP contribution in [0, 0.1) is 0 Å². The van der Waals surface area contributed by atoms with Crippen LogP contribution in [-0.2, 0) is 4.74 Å². The summed E-state index contributed by atoms with van der Waals surface area (Å²) in [6, 6.07) is 9.04. The molecule has 1 aliphatic rings. The number of nitrogens with zero attached hydrogens (tertiary/aromatic N) is 1. The summed E-state index contributed by atoms with van der Waals surface area (Å²) in [5, 5.41) is 5.33. The molecule has 0 saturated carbocycles. The van der Waals surface area contributed by atoms with Gasteiger partial charge in [0.25, 0.3) is 0 Å². The van der Waals surface area contributed by atoms with Gasteiger partial charge in [-0.05, 0) is 37.3 Å². The molecule has 2 heterocycles. The first kappa shape index (κ1) is 18.7. The van der Waals surface area contributed by atoms with Crippen LogP contribution in [0.4, 0.5) is 10.6 Å². The van der Waals surface area contributed by atoms with E-state index < -0.39 is 6.09 Å². The molecular formula is C18H19N3O5S. The maximum Gasteiger partial charge on any atom is 0.413 e. The van der Waals surface area contributed by atoms with Gasteiger partial charge < -0.3 is 24.3 Å². The molecule has 0 saturated heterocycles. The number of thiocarbonyl (C=S) groups is 1. The van der Waals surface area contributed by atoms with E-state index in [1.165, 1.54) is 0 Å². The molecule has 9 heteroatoms. The molecule has 1 aromatic heterocycles. The van der Waals surface area contributed by atoms with Gasteiger partial charge in [-0.2, -0.15) is 0 Å². The Kier molecular flexibility index (Phi) is 5.92. The highest BCUT2D eigenvalue weighted by atomic mass is 32.1. The molecule has 0 radical (unpaired) electrons. The molecule has 2 N–H and O–H groups in total. The van der Waals surface area contributed by atoms with Gasteiger partial charge in [0.1, 0.15) is 24.8 Å². The number of fused-ring (bicyclic) bond motifs is 1. The minimum absolute atomic E-state index is 0.0716. The van der Waals surface area contributed by atoms with Crippen LogP contribution in [0.2, 0.25) is 0 Å². The molecule has 8 nitrogen and oxygen atoms in total. The Labute approximate surface area is 161 Å². The zero-order chi connectivity index (χ0) is 19.2. The number of rotatable bonds is 4. The highest BCUT2D eigenvalue weighted by Gasteiger charge is 2.14. The Morgan fingerprint density at radius 2 is 2.00 bits per heavy atom. The fourth-order valence-corrected chi connectivity index (χ4v) is 2.63. The van der Waals surface area contributed by atoms with Crippen LogP contribution in [-0.4, -0.2) is 43.1 Å². The second kappa shape index (κ2) is 8.54. The quantitative estimate of drug-likeness (QED) is 0.772. The number of carbonyl (C=O) groups is 1. The summed E-state index contributed by atoms with van der Waals surface area (Å²) in [5.41, 5.74) is 1.47. The van der Waals surface area contributed by atoms with Crippen LogP contribution >= 0.6 is 12.2 Å². The molecule has 0 unspecified atom stereocenters. The number of hydrogen-bond donors (Lipinski definition) is 2. The van der Waals surface area contributed by atoms with Crippen molar-refractivity contribution in [2.24, 2.45) is 0 Å². The summed E-state index contributed by atoms with van der Waals surface area (Å²) >= 11 is 5.11. The van der Waals surface area contributed by atoms with Crippen molar-refractivity contribution in [2.75, 3.05) is 32.2 Å². The van der Waals surface area contributed by atoms with E-state index in [-0.39, 0.29) is 11.7 Å². The normalized spacial score (nSPS) is 12.1. The van der Waals surface area contributed by atoms with Crippen molar-refractivity contribution < 1.29 is 23.7 Å². The Morgan fingerprint density at radius 3 is 2.74 bits per heavy atom. The average Bonchev–Trinajstić information content (AvgIpc) is 2.67. The van der Waals surface area contributed by atoms with E-state index in [9.17, 15) is 4.79 Å². The SMILES string of the molecule is CCOC(=O)NC(=S)Nc1cc(OC)cc(-c2ccc3c(c2)OCCO3)n1. The largest absolute Gasteiger partial charge is 0.497 e. The zero-order valence-corrected chi connectivity index (χ0v) is 15.7. The second-order valence-corrected chi connectivity index (χ2v) is 5.84. The summed E-state index contributed by atoms with van der Waals surface area (Å²) in [6.07, 6.45) is -0.634. The van der Waals surface area contributed by atoms with Gasteiger partial charge in [0.2, 0.25) is 0 Å². The first-order valence-electron chi connectivity index (χ1n) is 8.30. The van der Waals surface area contributed by atoms with Crippen molar-refractivity contribution in [2.45, 2.75) is 6.92 Å². The summed E-state index contributed by atoms with van der Waals surface area (Å²) in [5.74, 6) is 2.36. The highest BCUT2D eigenvalue weighted by molar-refractivity contribution is 7.80. The molecule has 0 spiro atoms. The summed E-state index contributed by atoms with van der Waals surface area (Å²) in [6.45, 7) is 2.99. The van der Waals surface area contributed by atoms with Gasteiger partial charge in [-0.15, -0.1) is 0 Å². The topological polar surface area (TPSA) is 90.9 Å². The lowest BCUT2D eigenvalue weighted by Gasteiger charge is -2.19. The minimum Gasteiger partial charge on any atom is -0.497 e. The smallest absolute Gasteiger partial charge is 0.413 e. The number of anilines is 1. The molecule has 0 fully saturated rings. The van der Waals surface area contributed by atoms with E-state index in [1.54, 1.807) is 26.2 Å². The fourth-order valence-electron chi connectivity index (χ4n) is 2.45. The Hall–Kier alpha value is -3.07. The predicted molar refractivity (Wildman–Crippen MR) is 104 cm³/mol. The van der Waals surface area contributed by atoms with Crippen molar-refractivity contribution >= 4 is 29.2 Å². The lowest BCUT2D eigenvalue weighted by atomic mass is 10.1. The molecule has 0 atom stereocenters. The van der Waals surface area contributed by atoms with Crippen LogP contribution in [0.25, 0.3) is 11.3 Å². The maximum absolute atomic E-state index is 11.5. The first-order valence-corrected chi connectivity index (χ1v) is 8.70. The number of ether oxygens (including phenoxy) is 4. The maximum atomic E-state index is 11.5. The van der Waals surface area contributed by atoms with Gasteiger partial charge in [-0.1, -0.05) is 0 Å². The van der Waals surface area contributed by atoms with Crippen molar-refractivity contribution in [3.63, 3.8) is 0 Å². The average molecular weight is 389 g/mol. The Bertz CT molecular complexity index is 859. The number of alkyl carbamates (subject to hydrolysis) is 1. The van der Waals surface area contributed by atoms with E-state index >= 15 is 0 Å². The molecule has 0 aliphatic carbocycles. The van der Waals surface area contributed by atoms with Crippen molar-refractivity contribution in [1.29, 1.82) is 0 Å². The lowest BCUT2D eigenvalue weighted by Crippen LogP contribution is -2.34. The number of pyridine rings is 1. The van der Waals surface area contributed by atoms with E-state index in [2.05, 4.69) is 15.6 Å². The van der Waals surface area contributed by atoms with Crippen LogP contribution in [0.15, 0.2) is 30.3 Å². The van der Waals surface area contributed by atoms with Crippen LogP contribution < -0.4 is 24.8 Å². The number of hydrogen-bond acceptors (Lipinski definition) is 7. The molecular weight excluding hydrogens is 370 g/mol. The molecule has 1 amide bonds. The van der Waals surface area contributed by atoms with Gasteiger partial charge >= 0.3 is 6.09 Å². The molecule has 1 aliphatic heterocycles. The molecule has 1 aromatic carbocycles. The van der Waals surface area contributed by atoms with Gasteiger partial charge in [-0.25, -0.2) is 9.78 Å². The molecule has 3 rings (SSSR count). The van der Waals surface area contributed by atoms with Gasteiger partial charge in [0.15, 0.2) is 16.6 Å². The van der Waals surface area contributed by atoms with Crippen LogP contribution in [0.3, 0.4) is 0 Å². The third-order valence-corrected chi connectivity index (χ3v) is 3.81. The molecule has 2 aromatic rings. The minimum atomic E-state index is -0.634. The lowest BCUT2D eigenvalue weighted by molar-refractivity contribution is 0.158.